The molecule has 2 rings (SSSR count). The van der Waals surface area contributed by atoms with Crippen molar-refractivity contribution in [2.45, 2.75) is 32.2 Å². The molecule has 0 aliphatic carbocycles. The Bertz CT molecular complexity index is 478. The third kappa shape index (κ3) is 2.16. The van der Waals surface area contributed by atoms with Gasteiger partial charge in [0.2, 0.25) is 11.7 Å². The van der Waals surface area contributed by atoms with E-state index in [1.54, 1.807) is 12.3 Å². The Morgan fingerprint density at radius 2 is 2.12 bits per heavy atom. The Hall–Kier alpha value is -1.82. The molecule has 0 saturated heterocycles. The highest BCUT2D eigenvalue weighted by molar-refractivity contribution is 5.46. The minimum Gasteiger partial charge on any atom is -0.337 e. The maximum absolute atomic E-state index is 6.18. The van der Waals surface area contributed by atoms with E-state index >= 15 is 0 Å². The summed E-state index contributed by atoms with van der Waals surface area (Å²) in [5, 5.41) is 3.89. The fraction of sp³-hybridized carbons (Fsp3) is 0.455. The lowest BCUT2D eigenvalue weighted by atomic mass is 9.94. The van der Waals surface area contributed by atoms with Crippen LogP contribution in [0, 0.1) is 0 Å². The summed E-state index contributed by atoms with van der Waals surface area (Å²) in [7, 11) is 0. The molecule has 0 aliphatic rings. The van der Waals surface area contributed by atoms with Crippen molar-refractivity contribution in [3.63, 3.8) is 0 Å². The molecule has 2 heterocycles. The van der Waals surface area contributed by atoms with Crippen LogP contribution in [0.5, 0.6) is 0 Å². The summed E-state index contributed by atoms with van der Waals surface area (Å²) in [6.07, 6.45) is 4.57. The first-order valence-electron chi connectivity index (χ1n) is 5.59. The van der Waals surface area contributed by atoms with E-state index in [1.165, 1.54) is 6.33 Å². The van der Waals surface area contributed by atoms with Crippen molar-refractivity contribution in [2.75, 3.05) is 0 Å². The molecule has 0 spiro atoms. The molecular formula is C11H15N5O. The SMILES string of the molecule is CCC(N)(CC)c1nc(-c2ccncn2)no1. The van der Waals surface area contributed by atoms with Crippen LogP contribution >= 0.6 is 0 Å². The maximum Gasteiger partial charge on any atom is 0.247 e. The number of hydrogen-bond acceptors (Lipinski definition) is 6. The van der Waals surface area contributed by atoms with Crippen LogP contribution in [0.3, 0.4) is 0 Å². The number of nitrogens with two attached hydrogens (primary N) is 1. The van der Waals surface area contributed by atoms with Crippen molar-refractivity contribution < 1.29 is 4.52 Å². The molecule has 0 atom stereocenters. The summed E-state index contributed by atoms with van der Waals surface area (Å²) in [6, 6.07) is 1.73. The van der Waals surface area contributed by atoms with Crippen LogP contribution in [-0.4, -0.2) is 20.1 Å². The molecule has 0 unspecified atom stereocenters. The smallest absolute Gasteiger partial charge is 0.247 e. The van der Waals surface area contributed by atoms with Gasteiger partial charge in [0, 0.05) is 6.20 Å². The van der Waals surface area contributed by atoms with Crippen LogP contribution < -0.4 is 5.73 Å². The fourth-order valence-corrected chi connectivity index (χ4v) is 1.51. The standard InChI is InChI=1S/C11H15N5O/c1-3-11(12,4-2)10-15-9(16-17-10)8-5-6-13-7-14-8/h5-7H,3-4,12H2,1-2H3. The second-order valence-corrected chi connectivity index (χ2v) is 3.88. The summed E-state index contributed by atoms with van der Waals surface area (Å²) in [5.74, 6) is 0.898. The van der Waals surface area contributed by atoms with E-state index < -0.39 is 5.54 Å². The molecule has 0 saturated carbocycles. The van der Waals surface area contributed by atoms with E-state index in [-0.39, 0.29) is 0 Å². The second kappa shape index (κ2) is 4.58. The monoisotopic (exact) mass is 233 g/mol. The normalized spacial score (nSPS) is 11.7. The lowest BCUT2D eigenvalue weighted by Crippen LogP contribution is -2.35. The molecule has 0 radical (unpaired) electrons. The summed E-state index contributed by atoms with van der Waals surface area (Å²) < 4.78 is 5.22. The zero-order valence-electron chi connectivity index (χ0n) is 9.92. The maximum atomic E-state index is 6.18. The molecule has 90 valence electrons. The van der Waals surface area contributed by atoms with Gasteiger partial charge in [0.15, 0.2) is 0 Å². The summed E-state index contributed by atoms with van der Waals surface area (Å²) in [6.45, 7) is 4.00. The Morgan fingerprint density at radius 1 is 1.35 bits per heavy atom. The average molecular weight is 233 g/mol. The van der Waals surface area contributed by atoms with Crippen LogP contribution in [0.15, 0.2) is 23.1 Å². The Morgan fingerprint density at radius 3 is 2.71 bits per heavy atom. The van der Waals surface area contributed by atoms with Gasteiger partial charge in [-0.05, 0) is 18.9 Å². The van der Waals surface area contributed by atoms with Gasteiger partial charge in [-0.1, -0.05) is 19.0 Å². The van der Waals surface area contributed by atoms with Crippen LogP contribution in [0.1, 0.15) is 32.6 Å². The number of aromatic nitrogens is 4. The van der Waals surface area contributed by atoms with Gasteiger partial charge >= 0.3 is 0 Å². The van der Waals surface area contributed by atoms with Gasteiger partial charge in [-0.25, -0.2) is 9.97 Å². The highest BCUT2D eigenvalue weighted by Gasteiger charge is 2.30. The molecule has 0 bridgehead atoms. The first-order valence-corrected chi connectivity index (χ1v) is 5.59. The molecule has 2 aromatic rings. The Labute approximate surface area is 99.3 Å². The molecule has 6 nitrogen and oxygen atoms in total. The molecule has 6 heteroatoms. The van der Waals surface area contributed by atoms with E-state index in [9.17, 15) is 0 Å². The topological polar surface area (TPSA) is 90.7 Å². The first-order chi connectivity index (χ1) is 8.19. The predicted molar refractivity (Wildman–Crippen MR) is 61.8 cm³/mol. The van der Waals surface area contributed by atoms with Crippen molar-refractivity contribution in [3.05, 3.63) is 24.5 Å². The van der Waals surface area contributed by atoms with E-state index in [1.807, 2.05) is 13.8 Å². The summed E-state index contributed by atoms with van der Waals surface area (Å²) >= 11 is 0. The van der Waals surface area contributed by atoms with E-state index in [0.29, 0.717) is 17.4 Å². The van der Waals surface area contributed by atoms with E-state index in [4.69, 9.17) is 10.3 Å². The Kier molecular flexibility index (Phi) is 3.14. The molecule has 2 aromatic heterocycles. The molecule has 0 fully saturated rings. The highest BCUT2D eigenvalue weighted by Crippen LogP contribution is 2.25. The molecule has 0 aliphatic heterocycles. The minimum atomic E-state index is -0.557. The first kappa shape index (κ1) is 11.7. The van der Waals surface area contributed by atoms with Gasteiger partial charge in [-0.3, -0.25) is 0 Å². The quantitative estimate of drug-likeness (QED) is 0.860. The van der Waals surface area contributed by atoms with E-state index in [2.05, 4.69) is 20.1 Å². The minimum absolute atomic E-state index is 0.444. The Balaban J connectivity index is 2.34. The molecule has 17 heavy (non-hydrogen) atoms. The average Bonchev–Trinajstić information content (AvgIpc) is 2.89. The van der Waals surface area contributed by atoms with Crippen molar-refractivity contribution >= 4 is 0 Å². The van der Waals surface area contributed by atoms with Gasteiger partial charge < -0.3 is 10.3 Å². The second-order valence-electron chi connectivity index (χ2n) is 3.88. The van der Waals surface area contributed by atoms with Crippen molar-refractivity contribution in [1.29, 1.82) is 0 Å². The zero-order chi connectivity index (χ0) is 12.3. The van der Waals surface area contributed by atoms with Gasteiger partial charge in [0.25, 0.3) is 0 Å². The third-order valence-electron chi connectivity index (χ3n) is 2.92. The lowest BCUT2D eigenvalue weighted by molar-refractivity contribution is 0.268. The van der Waals surface area contributed by atoms with Gasteiger partial charge in [-0.15, -0.1) is 0 Å². The largest absolute Gasteiger partial charge is 0.337 e. The molecule has 2 N–H and O–H groups in total. The van der Waals surface area contributed by atoms with Gasteiger partial charge in [-0.2, -0.15) is 4.98 Å². The third-order valence-corrected chi connectivity index (χ3v) is 2.92. The van der Waals surface area contributed by atoms with Crippen molar-refractivity contribution in [3.8, 4) is 11.5 Å². The van der Waals surface area contributed by atoms with Gasteiger partial charge in [0.1, 0.15) is 12.0 Å². The van der Waals surface area contributed by atoms with Crippen LogP contribution in [0.2, 0.25) is 0 Å². The summed E-state index contributed by atoms with van der Waals surface area (Å²) in [5.41, 5.74) is 6.25. The van der Waals surface area contributed by atoms with Gasteiger partial charge in [0.05, 0.1) is 5.54 Å². The summed E-state index contributed by atoms with van der Waals surface area (Å²) in [4.78, 5) is 12.2. The number of nitrogens with zero attached hydrogens (tertiary/aromatic N) is 4. The lowest BCUT2D eigenvalue weighted by Gasteiger charge is -2.20. The highest BCUT2D eigenvalue weighted by atomic mass is 16.5. The van der Waals surface area contributed by atoms with Crippen LogP contribution in [0.25, 0.3) is 11.5 Å². The number of hydrogen-bond donors (Lipinski definition) is 1. The molecule has 0 amide bonds. The van der Waals surface area contributed by atoms with Crippen LogP contribution in [-0.2, 0) is 5.54 Å². The zero-order valence-corrected chi connectivity index (χ0v) is 9.92. The predicted octanol–water partition coefficient (Wildman–Crippen LogP) is 1.50. The van der Waals surface area contributed by atoms with E-state index in [0.717, 1.165) is 12.8 Å². The number of rotatable bonds is 4. The van der Waals surface area contributed by atoms with Crippen LogP contribution in [0.4, 0.5) is 0 Å². The molecular weight excluding hydrogens is 218 g/mol. The van der Waals surface area contributed by atoms with Crippen molar-refractivity contribution in [1.82, 2.24) is 20.1 Å². The fourth-order valence-electron chi connectivity index (χ4n) is 1.51. The molecule has 0 aromatic carbocycles. The van der Waals surface area contributed by atoms with Crippen molar-refractivity contribution in [2.24, 2.45) is 5.73 Å².